The van der Waals surface area contributed by atoms with Gasteiger partial charge in [-0.1, -0.05) is 32.0 Å². The third-order valence-corrected chi connectivity index (χ3v) is 5.42. The van der Waals surface area contributed by atoms with Gasteiger partial charge < -0.3 is 9.47 Å². The highest BCUT2D eigenvalue weighted by Crippen LogP contribution is 2.31. The molecule has 0 aliphatic rings. The zero-order valence-corrected chi connectivity index (χ0v) is 17.4. The van der Waals surface area contributed by atoms with Crippen LogP contribution >= 0.6 is 0 Å². The van der Waals surface area contributed by atoms with Crippen molar-refractivity contribution < 1.29 is 22.3 Å². The van der Waals surface area contributed by atoms with E-state index >= 15 is 0 Å². The number of benzene rings is 2. The van der Waals surface area contributed by atoms with Crippen LogP contribution in [0, 0.1) is 5.82 Å². The van der Waals surface area contributed by atoms with Crippen molar-refractivity contribution in [2.24, 2.45) is 0 Å². The van der Waals surface area contributed by atoms with Gasteiger partial charge in [-0.2, -0.15) is 0 Å². The van der Waals surface area contributed by atoms with E-state index < -0.39 is 21.9 Å². The van der Waals surface area contributed by atoms with Crippen LogP contribution in [0.15, 0.2) is 42.5 Å². The second kappa shape index (κ2) is 10.4. The van der Waals surface area contributed by atoms with Crippen molar-refractivity contribution in [3.05, 3.63) is 59.4 Å². The zero-order valence-electron chi connectivity index (χ0n) is 16.6. The molecule has 0 amide bonds. The van der Waals surface area contributed by atoms with Crippen LogP contribution in [0.25, 0.3) is 0 Å². The fourth-order valence-electron chi connectivity index (χ4n) is 2.68. The fourth-order valence-corrected chi connectivity index (χ4v) is 4.05. The van der Waals surface area contributed by atoms with Crippen molar-refractivity contribution >= 4 is 10.0 Å². The molecule has 1 atom stereocenters. The SMILES string of the molecule is CCCOc1ccc(C(C)NS(=O)(=O)Cc2cccc(F)c2)cc1OCCC. The summed E-state index contributed by atoms with van der Waals surface area (Å²) >= 11 is 0. The molecule has 1 unspecified atom stereocenters. The Balaban J connectivity index is 2.14. The molecule has 154 valence electrons. The van der Waals surface area contributed by atoms with Gasteiger partial charge in [0.15, 0.2) is 11.5 Å². The monoisotopic (exact) mass is 409 g/mol. The van der Waals surface area contributed by atoms with Crippen molar-refractivity contribution in [2.45, 2.75) is 45.4 Å². The first-order valence-electron chi connectivity index (χ1n) is 9.48. The number of halogens is 1. The molecule has 2 rings (SSSR count). The van der Waals surface area contributed by atoms with Crippen LogP contribution in [0.4, 0.5) is 4.39 Å². The van der Waals surface area contributed by atoms with Crippen molar-refractivity contribution in [2.75, 3.05) is 13.2 Å². The van der Waals surface area contributed by atoms with Crippen LogP contribution in [0.1, 0.15) is 50.8 Å². The van der Waals surface area contributed by atoms with Gasteiger partial charge in [0.1, 0.15) is 5.82 Å². The number of rotatable bonds is 11. The normalized spacial score (nSPS) is 12.6. The Morgan fingerprint density at radius 1 is 1.00 bits per heavy atom. The molecule has 5 nitrogen and oxygen atoms in total. The summed E-state index contributed by atoms with van der Waals surface area (Å²) in [5.41, 5.74) is 1.16. The van der Waals surface area contributed by atoms with Gasteiger partial charge >= 0.3 is 0 Å². The number of hydrogen-bond acceptors (Lipinski definition) is 4. The molecule has 0 aliphatic heterocycles. The molecule has 0 saturated heterocycles. The van der Waals surface area contributed by atoms with Crippen LogP contribution in [0.5, 0.6) is 11.5 Å². The lowest BCUT2D eigenvalue weighted by atomic mass is 10.1. The Morgan fingerprint density at radius 2 is 1.68 bits per heavy atom. The standard InChI is InChI=1S/C21H28FNO4S/c1-4-11-26-20-10-9-18(14-21(20)27-12-5-2)16(3)23-28(24,25)15-17-7-6-8-19(22)13-17/h6-10,13-14,16,23H,4-5,11-12,15H2,1-3H3. The maximum absolute atomic E-state index is 13.3. The van der Waals surface area contributed by atoms with Crippen molar-refractivity contribution in [1.82, 2.24) is 4.72 Å². The van der Waals surface area contributed by atoms with Gasteiger partial charge in [-0.25, -0.2) is 17.5 Å². The van der Waals surface area contributed by atoms with E-state index in [1.54, 1.807) is 25.1 Å². The molecular formula is C21H28FNO4S. The van der Waals surface area contributed by atoms with Crippen LogP contribution in [0.2, 0.25) is 0 Å². The Morgan fingerprint density at radius 3 is 2.32 bits per heavy atom. The van der Waals surface area contributed by atoms with E-state index in [0.717, 1.165) is 18.4 Å². The molecule has 2 aromatic rings. The van der Waals surface area contributed by atoms with Crippen molar-refractivity contribution in [3.8, 4) is 11.5 Å². The van der Waals surface area contributed by atoms with Gasteiger partial charge in [-0.05, 0) is 55.2 Å². The fraction of sp³-hybridized carbons (Fsp3) is 0.429. The van der Waals surface area contributed by atoms with Gasteiger partial charge in [-0.3, -0.25) is 0 Å². The maximum Gasteiger partial charge on any atom is 0.216 e. The highest BCUT2D eigenvalue weighted by molar-refractivity contribution is 7.88. The van der Waals surface area contributed by atoms with Gasteiger partial charge in [0.05, 0.1) is 19.0 Å². The largest absolute Gasteiger partial charge is 0.490 e. The Kier molecular flexibility index (Phi) is 8.26. The summed E-state index contributed by atoms with van der Waals surface area (Å²) in [4.78, 5) is 0. The van der Waals surface area contributed by atoms with E-state index in [1.807, 2.05) is 19.9 Å². The van der Waals surface area contributed by atoms with Gasteiger partial charge in [0, 0.05) is 6.04 Å². The summed E-state index contributed by atoms with van der Waals surface area (Å²) in [5, 5.41) is 0. The molecule has 1 N–H and O–H groups in total. The molecule has 28 heavy (non-hydrogen) atoms. The highest BCUT2D eigenvalue weighted by atomic mass is 32.2. The summed E-state index contributed by atoms with van der Waals surface area (Å²) in [7, 11) is -3.64. The maximum atomic E-state index is 13.3. The molecule has 7 heteroatoms. The number of ether oxygens (including phenoxy) is 2. The van der Waals surface area contributed by atoms with E-state index in [2.05, 4.69) is 4.72 Å². The Hall–Kier alpha value is -2.12. The predicted octanol–water partition coefficient (Wildman–Crippen LogP) is 4.58. The number of nitrogens with one attached hydrogen (secondary N) is 1. The molecule has 2 aromatic carbocycles. The van der Waals surface area contributed by atoms with Crippen molar-refractivity contribution in [3.63, 3.8) is 0 Å². The summed E-state index contributed by atoms with van der Waals surface area (Å²) < 4.78 is 52.4. The lowest BCUT2D eigenvalue weighted by Gasteiger charge is -2.18. The second-order valence-electron chi connectivity index (χ2n) is 6.63. The predicted molar refractivity (Wildman–Crippen MR) is 109 cm³/mol. The Bertz CT molecular complexity index is 870. The minimum absolute atomic E-state index is 0.286. The summed E-state index contributed by atoms with van der Waals surface area (Å²) in [6, 6.07) is 10.5. The van der Waals surface area contributed by atoms with Gasteiger partial charge in [-0.15, -0.1) is 0 Å². The van der Waals surface area contributed by atoms with Crippen LogP contribution in [-0.4, -0.2) is 21.6 Å². The smallest absolute Gasteiger partial charge is 0.216 e. The third-order valence-electron chi connectivity index (χ3n) is 3.99. The first-order valence-corrected chi connectivity index (χ1v) is 11.1. The van der Waals surface area contributed by atoms with E-state index in [0.29, 0.717) is 30.3 Å². The third kappa shape index (κ3) is 6.80. The van der Waals surface area contributed by atoms with Crippen LogP contribution in [-0.2, 0) is 15.8 Å². The first kappa shape index (κ1) is 22.2. The molecule has 0 spiro atoms. The lowest BCUT2D eigenvalue weighted by Crippen LogP contribution is -2.28. The molecule has 0 heterocycles. The average Bonchev–Trinajstić information content (AvgIpc) is 2.64. The quantitative estimate of drug-likeness (QED) is 0.590. The lowest BCUT2D eigenvalue weighted by molar-refractivity contribution is 0.268. The minimum Gasteiger partial charge on any atom is -0.490 e. The molecule has 0 fully saturated rings. The first-order chi connectivity index (χ1) is 13.3. The summed E-state index contributed by atoms with van der Waals surface area (Å²) in [5.74, 6) is 0.505. The van der Waals surface area contributed by atoms with E-state index in [4.69, 9.17) is 9.47 Å². The van der Waals surface area contributed by atoms with E-state index in [9.17, 15) is 12.8 Å². The topological polar surface area (TPSA) is 64.6 Å². The molecule has 0 aliphatic carbocycles. The zero-order chi connectivity index (χ0) is 20.6. The summed E-state index contributed by atoms with van der Waals surface area (Å²) in [6.45, 7) is 6.92. The highest BCUT2D eigenvalue weighted by Gasteiger charge is 2.18. The minimum atomic E-state index is -3.64. The van der Waals surface area contributed by atoms with Crippen LogP contribution in [0.3, 0.4) is 0 Å². The summed E-state index contributed by atoms with van der Waals surface area (Å²) in [6.07, 6.45) is 1.73. The van der Waals surface area contributed by atoms with Crippen LogP contribution < -0.4 is 14.2 Å². The second-order valence-corrected chi connectivity index (χ2v) is 8.39. The molecule has 0 bridgehead atoms. The molecule has 0 radical (unpaired) electrons. The Labute approximate surface area is 166 Å². The number of sulfonamides is 1. The van der Waals surface area contributed by atoms with E-state index in [-0.39, 0.29) is 5.75 Å². The van der Waals surface area contributed by atoms with Gasteiger partial charge in [0.2, 0.25) is 10.0 Å². The molecule has 0 aromatic heterocycles. The molecule has 0 saturated carbocycles. The van der Waals surface area contributed by atoms with Gasteiger partial charge in [0.25, 0.3) is 0 Å². The molecular weight excluding hydrogens is 381 g/mol. The van der Waals surface area contributed by atoms with E-state index in [1.165, 1.54) is 18.2 Å². The number of hydrogen-bond donors (Lipinski definition) is 1. The van der Waals surface area contributed by atoms with Crippen molar-refractivity contribution in [1.29, 1.82) is 0 Å². The average molecular weight is 410 g/mol.